The van der Waals surface area contributed by atoms with Crippen molar-refractivity contribution in [1.82, 2.24) is 61.1 Å². The summed E-state index contributed by atoms with van der Waals surface area (Å²) in [5.41, 5.74) is 9.85. The van der Waals surface area contributed by atoms with Crippen LogP contribution in [0.3, 0.4) is 0 Å². The SMILES string of the molecule is CCCCOc1nc(N)c2cc(C#N)n(Cc3ccc(CN4CCN(CCNC(=O)[C@@H](OCNC(=O)CNC(=O)[C@H](Cc5ccccc5)NC(=O)CNC(=O)CNC(=O)CCCCCN5C(=O)C=CC5=O)C5CC5)CC4)cc3OC)c2n1. The van der Waals surface area contributed by atoms with Gasteiger partial charge in [0, 0.05) is 82.9 Å². The Kier molecular flexibility index (Phi) is 23.1. The summed E-state index contributed by atoms with van der Waals surface area (Å²) < 4.78 is 19.3. The maximum Gasteiger partial charge on any atom is 0.320 e. The second kappa shape index (κ2) is 30.9. The molecule has 2 aromatic heterocycles. The van der Waals surface area contributed by atoms with Gasteiger partial charge in [0.05, 0.1) is 45.3 Å². The zero-order valence-corrected chi connectivity index (χ0v) is 46.5. The lowest BCUT2D eigenvalue weighted by atomic mass is 10.1. The normalized spacial score (nSPS) is 15.1. The maximum atomic E-state index is 13.4. The van der Waals surface area contributed by atoms with Crippen LogP contribution in [-0.4, -0.2) is 175 Å². The standard InChI is InChI=1S/C57H74N14O11/c1-3-4-27-81-57-66-53(59)43-30-42(31-58)71(54(43)67-57)36-41-15-14-39(29-45(41)80-2)35-69-25-23-68(24-26-69)22-20-60-56(79)52(40-16-17-40)82-37-64-48(74)33-63-55(78)44(28-38-11-7-5-8-12-38)65-49(75)34-62-47(73)32-61-46(72)13-9-6-10-21-70-50(76)18-19-51(70)77/h5,7-8,11-12,14-15,18-19,29-30,40,44,52H,3-4,6,9-10,13,16-17,20-28,32-37H2,1-2H3,(H,60,79)(H,61,72)(H,62,73)(H,63,78)(H,64,74)(H,65,75)(H2,59,66,67)/t44-,52-/m0/s1. The highest BCUT2D eigenvalue weighted by atomic mass is 16.5. The number of carbonyl (C=O) groups excluding carboxylic acids is 8. The first-order chi connectivity index (χ1) is 39.7. The number of benzene rings is 2. The lowest BCUT2D eigenvalue weighted by molar-refractivity contribution is -0.137. The summed E-state index contributed by atoms with van der Waals surface area (Å²) in [7, 11) is 1.63. The predicted molar refractivity (Wildman–Crippen MR) is 300 cm³/mol. The number of amides is 8. The molecule has 2 atom stereocenters. The molecule has 0 unspecified atom stereocenters. The van der Waals surface area contributed by atoms with E-state index in [9.17, 15) is 43.6 Å². The number of nitriles is 1. The molecule has 4 heterocycles. The third-order valence-corrected chi connectivity index (χ3v) is 14.2. The predicted octanol–water partition coefficient (Wildman–Crippen LogP) is 0.785. The van der Waals surface area contributed by atoms with E-state index in [2.05, 4.69) is 70.7 Å². The number of ether oxygens (including phenoxy) is 3. The molecule has 0 spiro atoms. The van der Waals surface area contributed by atoms with Gasteiger partial charge < -0.3 is 56.4 Å². The number of anilines is 1. The van der Waals surface area contributed by atoms with E-state index in [1.54, 1.807) is 48.1 Å². The van der Waals surface area contributed by atoms with Gasteiger partial charge in [-0.1, -0.05) is 62.2 Å². The summed E-state index contributed by atoms with van der Waals surface area (Å²) in [6.07, 6.45) is 6.94. The fourth-order valence-corrected chi connectivity index (χ4v) is 9.39. The van der Waals surface area contributed by atoms with Crippen LogP contribution < -0.4 is 47.1 Å². The molecule has 0 radical (unpaired) electrons. The molecule has 25 heteroatoms. The van der Waals surface area contributed by atoms with Crippen LogP contribution in [0.5, 0.6) is 11.8 Å². The van der Waals surface area contributed by atoms with Gasteiger partial charge in [-0.25, -0.2) is 0 Å². The Labute approximate surface area is 476 Å². The Bertz CT molecular complexity index is 2950. The second-order valence-electron chi connectivity index (χ2n) is 20.3. The number of rotatable bonds is 33. The van der Waals surface area contributed by atoms with Gasteiger partial charge in [0.2, 0.25) is 35.4 Å². The fraction of sp³-hybridized carbons (Fsp3) is 0.491. The van der Waals surface area contributed by atoms with Gasteiger partial charge in [0.15, 0.2) is 5.65 Å². The van der Waals surface area contributed by atoms with Crippen LogP contribution in [0.15, 0.2) is 66.7 Å². The number of nitrogen functional groups attached to an aromatic ring is 1. The van der Waals surface area contributed by atoms with Crippen molar-refractivity contribution in [2.24, 2.45) is 5.92 Å². The minimum absolute atomic E-state index is 0.0220. The Hall–Kier alpha value is -8.47. The molecule has 7 rings (SSSR count). The number of piperazine rings is 1. The number of aromatic nitrogens is 3. The molecule has 438 valence electrons. The molecule has 82 heavy (non-hydrogen) atoms. The highest BCUT2D eigenvalue weighted by Gasteiger charge is 2.37. The summed E-state index contributed by atoms with van der Waals surface area (Å²) >= 11 is 0. The van der Waals surface area contributed by atoms with Gasteiger partial charge in [-0.2, -0.15) is 15.2 Å². The van der Waals surface area contributed by atoms with Crippen molar-refractivity contribution < 1.29 is 52.6 Å². The molecule has 25 nitrogen and oxygen atoms in total. The molecule has 2 aromatic carbocycles. The van der Waals surface area contributed by atoms with E-state index in [1.807, 2.05) is 12.1 Å². The van der Waals surface area contributed by atoms with E-state index >= 15 is 0 Å². The van der Waals surface area contributed by atoms with Crippen molar-refractivity contribution >= 4 is 64.1 Å². The second-order valence-corrected chi connectivity index (χ2v) is 20.3. The third kappa shape index (κ3) is 18.5. The number of nitrogens with two attached hydrogens (primary N) is 1. The molecular formula is C57H74N14O11. The number of methoxy groups -OCH3 is 1. The summed E-state index contributed by atoms with van der Waals surface area (Å²) in [6.45, 7) is 6.60. The van der Waals surface area contributed by atoms with Gasteiger partial charge in [-0.3, -0.25) is 53.1 Å². The monoisotopic (exact) mass is 1130 g/mol. The summed E-state index contributed by atoms with van der Waals surface area (Å²) in [4.78, 5) is 115. The quantitative estimate of drug-likeness (QED) is 0.0197. The van der Waals surface area contributed by atoms with Gasteiger partial charge in [0.1, 0.15) is 42.2 Å². The van der Waals surface area contributed by atoms with Gasteiger partial charge in [0.25, 0.3) is 11.8 Å². The number of hydrogen-bond acceptors (Lipinski definition) is 17. The van der Waals surface area contributed by atoms with E-state index < -0.39 is 48.9 Å². The molecule has 8 N–H and O–H groups in total. The van der Waals surface area contributed by atoms with Crippen molar-refractivity contribution in [3.05, 3.63) is 89.1 Å². The van der Waals surface area contributed by atoms with Crippen molar-refractivity contribution in [2.75, 3.05) is 91.6 Å². The Morgan fingerprint density at radius 1 is 0.756 bits per heavy atom. The molecule has 1 aliphatic carbocycles. The molecule has 2 aliphatic heterocycles. The van der Waals surface area contributed by atoms with Gasteiger partial charge in [-0.15, -0.1) is 0 Å². The number of nitrogens with zero attached hydrogens (tertiary/aromatic N) is 7. The molecule has 3 aliphatic rings. The zero-order valence-electron chi connectivity index (χ0n) is 46.5. The lowest BCUT2D eigenvalue weighted by Gasteiger charge is -2.34. The van der Waals surface area contributed by atoms with E-state index in [1.165, 1.54) is 12.2 Å². The number of fused-ring (bicyclic) bond motifs is 1. The summed E-state index contributed by atoms with van der Waals surface area (Å²) in [5, 5.41) is 26.2. The van der Waals surface area contributed by atoms with E-state index in [4.69, 9.17) is 19.9 Å². The topological polar surface area (TPSA) is 327 Å². The Morgan fingerprint density at radius 2 is 1.46 bits per heavy atom. The van der Waals surface area contributed by atoms with Crippen LogP contribution in [-0.2, 0) is 62.6 Å². The lowest BCUT2D eigenvalue weighted by Crippen LogP contribution is -2.52. The average Bonchev–Trinajstić information content (AvgIpc) is 4.24. The van der Waals surface area contributed by atoms with Crippen LogP contribution in [0.4, 0.5) is 5.82 Å². The molecule has 1 saturated heterocycles. The molecule has 0 bridgehead atoms. The zero-order chi connectivity index (χ0) is 58.4. The van der Waals surface area contributed by atoms with Crippen molar-refractivity contribution in [2.45, 2.75) is 89.9 Å². The number of hydrogen-bond donors (Lipinski definition) is 7. The Morgan fingerprint density at radius 3 is 2.18 bits per heavy atom. The summed E-state index contributed by atoms with van der Waals surface area (Å²) in [6, 6.07) is 18.0. The minimum Gasteiger partial charge on any atom is -0.496 e. The molecular weight excluding hydrogens is 1060 g/mol. The van der Waals surface area contributed by atoms with E-state index in [0.717, 1.165) is 73.5 Å². The van der Waals surface area contributed by atoms with Crippen LogP contribution in [0.25, 0.3) is 11.0 Å². The van der Waals surface area contributed by atoms with Crippen molar-refractivity contribution in [1.29, 1.82) is 5.26 Å². The fourth-order valence-electron chi connectivity index (χ4n) is 9.39. The van der Waals surface area contributed by atoms with Crippen LogP contribution >= 0.6 is 0 Å². The number of imide groups is 1. The largest absolute Gasteiger partial charge is 0.496 e. The molecule has 1 saturated carbocycles. The summed E-state index contributed by atoms with van der Waals surface area (Å²) in [5.74, 6) is -2.92. The smallest absolute Gasteiger partial charge is 0.320 e. The Balaban J connectivity index is 0.775. The first kappa shape index (κ1) is 61.2. The van der Waals surface area contributed by atoms with Crippen LogP contribution in [0.2, 0.25) is 0 Å². The number of unbranched alkanes of at least 4 members (excludes halogenated alkanes) is 3. The third-order valence-electron chi connectivity index (χ3n) is 14.2. The molecule has 2 fully saturated rings. The number of carbonyl (C=O) groups is 8. The van der Waals surface area contributed by atoms with Crippen LogP contribution in [0, 0.1) is 17.2 Å². The maximum absolute atomic E-state index is 13.4. The van der Waals surface area contributed by atoms with E-state index in [0.29, 0.717) is 74.5 Å². The van der Waals surface area contributed by atoms with Gasteiger partial charge >= 0.3 is 6.01 Å². The highest BCUT2D eigenvalue weighted by Crippen LogP contribution is 2.34. The average molecular weight is 1130 g/mol. The highest BCUT2D eigenvalue weighted by molar-refractivity contribution is 6.12. The van der Waals surface area contributed by atoms with Crippen molar-refractivity contribution in [3.8, 4) is 17.8 Å². The first-order valence-electron chi connectivity index (χ1n) is 27.9. The first-order valence-corrected chi connectivity index (χ1v) is 27.9. The van der Waals surface area contributed by atoms with E-state index in [-0.39, 0.29) is 74.0 Å². The molecule has 4 aromatic rings. The number of nitrogens with one attached hydrogen (secondary N) is 6. The van der Waals surface area contributed by atoms with Crippen LogP contribution in [0.1, 0.15) is 80.7 Å². The van der Waals surface area contributed by atoms with Gasteiger partial charge in [-0.05, 0) is 61.3 Å². The molecule has 8 amide bonds. The minimum atomic E-state index is -1.11. The van der Waals surface area contributed by atoms with Crippen molar-refractivity contribution in [3.63, 3.8) is 0 Å².